The van der Waals surface area contributed by atoms with Gasteiger partial charge in [-0.05, 0) is 18.1 Å². The lowest BCUT2D eigenvalue weighted by Crippen LogP contribution is -2.43. The minimum Gasteiger partial charge on any atom is -0.314 e. The highest BCUT2D eigenvalue weighted by molar-refractivity contribution is 5.26. The molecule has 0 aromatic heterocycles. The second-order valence-corrected chi connectivity index (χ2v) is 4.43. The molecular formula is C13H18F2N2. The van der Waals surface area contributed by atoms with Gasteiger partial charge in [0.1, 0.15) is 0 Å². The molecule has 1 heterocycles. The van der Waals surface area contributed by atoms with Crippen LogP contribution in [-0.4, -0.2) is 31.1 Å². The van der Waals surface area contributed by atoms with Crippen LogP contribution in [0.15, 0.2) is 12.1 Å². The maximum absolute atomic E-state index is 13.7. The molecule has 2 rings (SSSR count). The summed E-state index contributed by atoms with van der Waals surface area (Å²) in [6, 6.07) is 3.07. The van der Waals surface area contributed by atoms with Crippen LogP contribution < -0.4 is 5.32 Å². The van der Waals surface area contributed by atoms with E-state index in [0.717, 1.165) is 38.2 Å². The molecule has 4 heteroatoms. The largest absolute Gasteiger partial charge is 0.314 e. The Bertz CT molecular complexity index is 387. The summed E-state index contributed by atoms with van der Waals surface area (Å²) in [4.78, 5) is 2.15. The normalized spacial score (nSPS) is 17.4. The second-order valence-electron chi connectivity index (χ2n) is 4.43. The highest BCUT2D eigenvalue weighted by atomic mass is 19.2. The lowest BCUT2D eigenvalue weighted by molar-refractivity contribution is 0.229. The quantitative estimate of drug-likeness (QED) is 0.868. The lowest BCUT2D eigenvalue weighted by atomic mass is 10.1. The molecule has 1 fully saturated rings. The van der Waals surface area contributed by atoms with Gasteiger partial charge in [0, 0.05) is 38.3 Å². The van der Waals surface area contributed by atoms with Crippen molar-refractivity contribution < 1.29 is 8.78 Å². The van der Waals surface area contributed by atoms with Gasteiger partial charge in [0.2, 0.25) is 0 Å². The van der Waals surface area contributed by atoms with E-state index in [2.05, 4.69) is 10.2 Å². The van der Waals surface area contributed by atoms with E-state index in [4.69, 9.17) is 0 Å². The summed E-state index contributed by atoms with van der Waals surface area (Å²) in [7, 11) is 0. The van der Waals surface area contributed by atoms with Crippen molar-refractivity contribution in [3.63, 3.8) is 0 Å². The summed E-state index contributed by atoms with van der Waals surface area (Å²) in [6.07, 6.45) is 0.728. The molecule has 0 unspecified atom stereocenters. The molecule has 0 saturated carbocycles. The Morgan fingerprint density at radius 2 is 1.94 bits per heavy atom. The molecule has 1 aromatic carbocycles. The van der Waals surface area contributed by atoms with Crippen LogP contribution in [0.3, 0.4) is 0 Å². The molecule has 0 amide bonds. The molecular weight excluding hydrogens is 222 g/mol. The second kappa shape index (κ2) is 5.56. The molecule has 1 N–H and O–H groups in total. The summed E-state index contributed by atoms with van der Waals surface area (Å²) in [5.74, 6) is -1.42. The van der Waals surface area contributed by atoms with E-state index < -0.39 is 11.6 Å². The number of nitrogens with one attached hydrogen (secondary N) is 1. The smallest absolute Gasteiger partial charge is 0.163 e. The molecule has 2 nitrogen and oxygen atoms in total. The van der Waals surface area contributed by atoms with Gasteiger partial charge in [-0.3, -0.25) is 4.90 Å². The van der Waals surface area contributed by atoms with Crippen molar-refractivity contribution in [2.75, 3.05) is 26.2 Å². The van der Waals surface area contributed by atoms with Crippen molar-refractivity contribution in [1.82, 2.24) is 10.2 Å². The van der Waals surface area contributed by atoms with Gasteiger partial charge in [0.25, 0.3) is 0 Å². The number of halogens is 2. The van der Waals surface area contributed by atoms with Crippen LogP contribution in [-0.2, 0) is 13.0 Å². The van der Waals surface area contributed by atoms with Gasteiger partial charge in [-0.25, -0.2) is 8.78 Å². The van der Waals surface area contributed by atoms with Gasteiger partial charge >= 0.3 is 0 Å². The zero-order chi connectivity index (χ0) is 12.3. The fourth-order valence-electron chi connectivity index (χ4n) is 2.14. The van der Waals surface area contributed by atoms with E-state index >= 15 is 0 Å². The van der Waals surface area contributed by atoms with E-state index in [1.807, 2.05) is 6.92 Å². The topological polar surface area (TPSA) is 15.3 Å². The van der Waals surface area contributed by atoms with Gasteiger partial charge in [0.05, 0.1) is 0 Å². The third-order valence-corrected chi connectivity index (χ3v) is 3.18. The van der Waals surface area contributed by atoms with Crippen molar-refractivity contribution in [1.29, 1.82) is 0 Å². The van der Waals surface area contributed by atoms with E-state index in [0.29, 0.717) is 12.1 Å². The first kappa shape index (κ1) is 12.5. The van der Waals surface area contributed by atoms with Crippen LogP contribution in [0.5, 0.6) is 0 Å². The predicted octanol–water partition coefficient (Wildman–Crippen LogP) is 1.93. The first-order valence-electron chi connectivity index (χ1n) is 6.10. The third-order valence-electron chi connectivity index (χ3n) is 3.18. The van der Waals surface area contributed by atoms with Gasteiger partial charge in [-0.15, -0.1) is 0 Å². The zero-order valence-corrected chi connectivity index (χ0v) is 10.1. The molecule has 0 spiro atoms. The maximum Gasteiger partial charge on any atom is 0.163 e. The van der Waals surface area contributed by atoms with E-state index in [9.17, 15) is 8.78 Å². The average Bonchev–Trinajstić information content (AvgIpc) is 2.36. The Balaban J connectivity index is 2.15. The Labute approximate surface area is 101 Å². The summed E-state index contributed by atoms with van der Waals surface area (Å²) >= 11 is 0. The van der Waals surface area contributed by atoms with Gasteiger partial charge < -0.3 is 5.32 Å². The molecule has 0 radical (unpaired) electrons. The average molecular weight is 240 g/mol. The number of rotatable bonds is 3. The molecule has 0 bridgehead atoms. The van der Waals surface area contributed by atoms with Crippen molar-refractivity contribution >= 4 is 0 Å². The van der Waals surface area contributed by atoms with Crippen molar-refractivity contribution in [3.05, 3.63) is 34.9 Å². The highest BCUT2D eigenvalue weighted by Crippen LogP contribution is 2.17. The third kappa shape index (κ3) is 3.01. The van der Waals surface area contributed by atoms with E-state index in [-0.39, 0.29) is 0 Å². The Morgan fingerprint density at radius 3 is 2.59 bits per heavy atom. The first-order valence-corrected chi connectivity index (χ1v) is 6.10. The van der Waals surface area contributed by atoms with Crippen LogP contribution in [0.1, 0.15) is 18.1 Å². The van der Waals surface area contributed by atoms with Gasteiger partial charge in [-0.2, -0.15) is 0 Å². The number of aryl methyl sites for hydroxylation is 1. The fourth-order valence-corrected chi connectivity index (χ4v) is 2.14. The summed E-state index contributed by atoms with van der Waals surface area (Å²) in [5, 5.41) is 3.24. The minimum absolute atomic E-state index is 0.476. The van der Waals surface area contributed by atoms with E-state index in [1.165, 1.54) is 6.07 Å². The molecule has 0 aliphatic carbocycles. The SMILES string of the molecule is CCc1cc(F)c(F)c(CN2CCNCC2)c1. The van der Waals surface area contributed by atoms with Gasteiger partial charge in [-0.1, -0.05) is 13.0 Å². The Morgan fingerprint density at radius 1 is 1.24 bits per heavy atom. The van der Waals surface area contributed by atoms with Crippen molar-refractivity contribution in [2.45, 2.75) is 19.9 Å². The first-order chi connectivity index (χ1) is 8.20. The number of nitrogens with zero attached hydrogens (tertiary/aromatic N) is 1. The Kier molecular flexibility index (Phi) is 4.07. The van der Waals surface area contributed by atoms with Crippen molar-refractivity contribution in [3.8, 4) is 0 Å². The lowest BCUT2D eigenvalue weighted by Gasteiger charge is -2.27. The summed E-state index contributed by atoms with van der Waals surface area (Å²) in [6.45, 7) is 6.05. The van der Waals surface area contributed by atoms with Crippen LogP contribution in [0.4, 0.5) is 8.78 Å². The predicted molar refractivity (Wildman–Crippen MR) is 63.9 cm³/mol. The fraction of sp³-hybridized carbons (Fsp3) is 0.538. The molecule has 17 heavy (non-hydrogen) atoms. The number of hydrogen-bond acceptors (Lipinski definition) is 2. The molecule has 1 aromatic rings. The molecule has 0 atom stereocenters. The molecule has 94 valence electrons. The molecule has 1 aliphatic rings. The van der Waals surface area contributed by atoms with Crippen LogP contribution in [0, 0.1) is 11.6 Å². The summed E-state index contributed by atoms with van der Waals surface area (Å²) < 4.78 is 27.0. The molecule has 1 aliphatic heterocycles. The molecule has 1 saturated heterocycles. The van der Waals surface area contributed by atoms with Crippen molar-refractivity contribution in [2.24, 2.45) is 0 Å². The van der Waals surface area contributed by atoms with Crippen LogP contribution in [0.2, 0.25) is 0 Å². The standard InChI is InChI=1S/C13H18F2N2/c1-2-10-7-11(13(15)12(14)8-10)9-17-5-3-16-4-6-17/h7-8,16H,2-6,9H2,1H3. The summed E-state index contributed by atoms with van der Waals surface area (Å²) in [5.41, 5.74) is 1.33. The number of piperazine rings is 1. The number of benzene rings is 1. The van der Waals surface area contributed by atoms with Gasteiger partial charge in [0.15, 0.2) is 11.6 Å². The monoisotopic (exact) mass is 240 g/mol. The minimum atomic E-state index is -0.727. The zero-order valence-electron chi connectivity index (χ0n) is 10.1. The number of hydrogen-bond donors (Lipinski definition) is 1. The van der Waals surface area contributed by atoms with E-state index in [1.54, 1.807) is 6.07 Å². The van der Waals surface area contributed by atoms with Crippen LogP contribution in [0.25, 0.3) is 0 Å². The maximum atomic E-state index is 13.7. The highest BCUT2D eigenvalue weighted by Gasteiger charge is 2.15. The van der Waals surface area contributed by atoms with Crippen LogP contribution >= 0.6 is 0 Å². The Hall–Kier alpha value is -1.00.